The van der Waals surface area contributed by atoms with Crippen molar-refractivity contribution in [2.75, 3.05) is 13.4 Å². The van der Waals surface area contributed by atoms with E-state index >= 15 is 0 Å². The Morgan fingerprint density at radius 3 is 2.64 bits per heavy atom. The molecule has 1 aromatic rings. The predicted molar refractivity (Wildman–Crippen MR) is 75.6 cm³/mol. The minimum atomic E-state index is -3.61. The monoisotopic (exact) mass is 321 g/mol. The number of nitrogens with zero attached hydrogens (tertiary/aromatic N) is 5. The van der Waals surface area contributed by atoms with Crippen molar-refractivity contribution in [3.63, 3.8) is 0 Å². The van der Waals surface area contributed by atoms with Gasteiger partial charge < -0.3 is 8.92 Å². The third-order valence-corrected chi connectivity index (χ3v) is 3.19. The zero-order valence-electron chi connectivity index (χ0n) is 11.7. The van der Waals surface area contributed by atoms with Crippen LogP contribution in [0.5, 0.6) is 11.5 Å². The van der Waals surface area contributed by atoms with Gasteiger partial charge in [0.15, 0.2) is 0 Å². The average Bonchev–Trinajstić information content (AvgIpc) is 2.92. The van der Waals surface area contributed by atoms with Crippen LogP contribution in [0.2, 0.25) is 0 Å². The van der Waals surface area contributed by atoms with Crippen LogP contribution in [0.15, 0.2) is 30.9 Å². The van der Waals surface area contributed by atoms with Gasteiger partial charge in [0.2, 0.25) is 11.6 Å². The Kier molecular flexibility index (Phi) is 3.37. The lowest BCUT2D eigenvalue weighted by molar-refractivity contribution is 0.408. The van der Waals surface area contributed by atoms with Crippen LogP contribution < -0.4 is 8.92 Å². The number of benzene rings is 1. The molecular formula is C12H11N5O4S. The zero-order chi connectivity index (χ0) is 15.7. The van der Waals surface area contributed by atoms with E-state index in [-0.39, 0.29) is 5.75 Å². The molecule has 0 fully saturated rings. The molecule has 0 amide bonds. The number of rotatable bonds is 4. The minimum Gasteiger partial charge on any atom is -0.494 e. The van der Waals surface area contributed by atoms with Crippen molar-refractivity contribution < 1.29 is 17.3 Å². The first-order valence-corrected chi connectivity index (χ1v) is 7.88. The van der Waals surface area contributed by atoms with E-state index in [9.17, 15) is 8.42 Å². The second kappa shape index (κ2) is 5.22. The zero-order valence-corrected chi connectivity index (χ0v) is 12.5. The summed E-state index contributed by atoms with van der Waals surface area (Å²) in [5.74, 6) is 1.35. The number of fused-ring (bicyclic) bond motifs is 1. The van der Waals surface area contributed by atoms with Crippen molar-refractivity contribution in [3.05, 3.63) is 30.9 Å². The summed E-state index contributed by atoms with van der Waals surface area (Å²) in [5.41, 5.74) is 0.556. The lowest BCUT2D eigenvalue weighted by Gasteiger charge is -2.12. The van der Waals surface area contributed by atoms with E-state index in [1.54, 1.807) is 6.07 Å². The van der Waals surface area contributed by atoms with Gasteiger partial charge in [-0.2, -0.15) is 8.42 Å². The average molecular weight is 321 g/mol. The van der Waals surface area contributed by atoms with Gasteiger partial charge in [0.05, 0.1) is 13.4 Å². The molecule has 0 unspecified atom stereocenters. The molecule has 0 aliphatic carbocycles. The number of aromatic nitrogens is 5. The van der Waals surface area contributed by atoms with Crippen LogP contribution in [-0.4, -0.2) is 46.5 Å². The summed E-state index contributed by atoms with van der Waals surface area (Å²) in [4.78, 5) is 12.0. The molecule has 2 heterocycles. The minimum absolute atomic E-state index is 0.144. The SMILES string of the molecule is COc1cc(OS(C)(=O)=O)ccc1-n1cnc2ncnc-2n1. The third-order valence-electron chi connectivity index (χ3n) is 2.70. The van der Waals surface area contributed by atoms with Crippen LogP contribution in [0.25, 0.3) is 17.3 Å². The van der Waals surface area contributed by atoms with Crippen molar-refractivity contribution in [2.45, 2.75) is 0 Å². The van der Waals surface area contributed by atoms with E-state index in [2.05, 4.69) is 20.1 Å². The third kappa shape index (κ3) is 2.81. The molecule has 1 aromatic carbocycles. The maximum Gasteiger partial charge on any atom is 0.306 e. The molecule has 0 N–H and O–H groups in total. The molecule has 22 heavy (non-hydrogen) atoms. The first kappa shape index (κ1) is 14.2. The Morgan fingerprint density at radius 2 is 1.91 bits per heavy atom. The largest absolute Gasteiger partial charge is 0.494 e. The Labute approximate surface area is 126 Å². The molecule has 0 saturated carbocycles. The van der Waals surface area contributed by atoms with Gasteiger partial charge in [-0.3, -0.25) is 0 Å². The lowest BCUT2D eigenvalue weighted by atomic mass is 10.3. The lowest BCUT2D eigenvalue weighted by Crippen LogP contribution is -2.08. The number of ether oxygens (including phenoxy) is 1. The van der Waals surface area contributed by atoms with Crippen LogP contribution >= 0.6 is 0 Å². The summed E-state index contributed by atoms with van der Waals surface area (Å²) in [6, 6.07) is 4.55. The maximum atomic E-state index is 11.2. The number of imidazole rings is 1. The smallest absolute Gasteiger partial charge is 0.306 e. The van der Waals surface area contributed by atoms with Crippen LogP contribution in [0.4, 0.5) is 0 Å². The summed E-state index contributed by atoms with van der Waals surface area (Å²) in [6.07, 6.45) is 3.80. The fraction of sp³-hybridized carbons (Fsp3) is 0.167. The van der Waals surface area contributed by atoms with Gasteiger partial charge in [-0.05, 0) is 12.1 Å². The molecule has 0 saturated heterocycles. The topological polar surface area (TPSA) is 109 Å². The van der Waals surface area contributed by atoms with Crippen LogP contribution in [0.1, 0.15) is 0 Å². The van der Waals surface area contributed by atoms with Crippen molar-refractivity contribution in [2.24, 2.45) is 0 Å². The highest BCUT2D eigenvalue weighted by molar-refractivity contribution is 7.86. The molecule has 3 rings (SSSR count). The standard InChI is InChI=1S/C12H11N5O4S/c1-20-10-5-8(21-22(2,18)19)3-4-9(10)17-7-15-11-12(16-17)14-6-13-11/h3-7H,1-2H3. The van der Waals surface area contributed by atoms with E-state index in [1.165, 1.54) is 36.6 Å². The molecular weight excluding hydrogens is 310 g/mol. The van der Waals surface area contributed by atoms with Gasteiger partial charge in [-0.1, -0.05) is 0 Å². The Hall–Kier alpha value is -2.75. The van der Waals surface area contributed by atoms with Crippen molar-refractivity contribution in [1.82, 2.24) is 24.7 Å². The highest BCUT2D eigenvalue weighted by atomic mass is 32.2. The summed E-state index contributed by atoms with van der Waals surface area (Å²) in [7, 11) is -2.15. The summed E-state index contributed by atoms with van der Waals surface area (Å²) in [6.45, 7) is 0. The molecule has 2 aliphatic rings. The molecule has 114 valence electrons. The van der Waals surface area contributed by atoms with E-state index in [0.29, 0.717) is 23.1 Å². The quantitative estimate of drug-likeness (QED) is 0.639. The van der Waals surface area contributed by atoms with Gasteiger partial charge in [0, 0.05) is 6.07 Å². The first-order valence-electron chi connectivity index (χ1n) is 6.06. The first-order chi connectivity index (χ1) is 10.5. The number of hydrogen-bond acceptors (Lipinski definition) is 8. The van der Waals surface area contributed by atoms with Crippen molar-refractivity contribution in [1.29, 1.82) is 0 Å². The van der Waals surface area contributed by atoms with Gasteiger partial charge in [0.1, 0.15) is 29.8 Å². The van der Waals surface area contributed by atoms with E-state index in [0.717, 1.165) is 6.26 Å². The van der Waals surface area contributed by atoms with Gasteiger partial charge >= 0.3 is 10.1 Å². The highest BCUT2D eigenvalue weighted by Crippen LogP contribution is 2.28. The second-order valence-electron chi connectivity index (χ2n) is 4.33. The summed E-state index contributed by atoms with van der Waals surface area (Å²) in [5, 5.41) is 4.26. The predicted octanol–water partition coefficient (Wildman–Crippen LogP) is 0.509. The van der Waals surface area contributed by atoms with Crippen LogP contribution in [0, 0.1) is 0 Å². The van der Waals surface area contributed by atoms with Gasteiger partial charge in [-0.25, -0.2) is 19.6 Å². The van der Waals surface area contributed by atoms with Gasteiger partial charge in [-0.15, -0.1) is 5.10 Å². The van der Waals surface area contributed by atoms with Gasteiger partial charge in [0.25, 0.3) is 0 Å². The van der Waals surface area contributed by atoms with Crippen molar-refractivity contribution >= 4 is 10.1 Å². The van der Waals surface area contributed by atoms with Crippen molar-refractivity contribution in [3.8, 4) is 28.8 Å². The molecule has 10 heteroatoms. The second-order valence-corrected chi connectivity index (χ2v) is 5.91. The van der Waals surface area contributed by atoms with Crippen LogP contribution in [0.3, 0.4) is 0 Å². The van der Waals surface area contributed by atoms with E-state index in [1.807, 2.05) is 0 Å². The van der Waals surface area contributed by atoms with E-state index < -0.39 is 10.1 Å². The Balaban J connectivity index is 2.05. The Bertz CT molecular complexity index is 892. The van der Waals surface area contributed by atoms with Crippen LogP contribution in [-0.2, 0) is 10.1 Å². The molecule has 0 atom stereocenters. The fourth-order valence-corrected chi connectivity index (χ4v) is 2.30. The Morgan fingerprint density at radius 1 is 1.14 bits per heavy atom. The molecule has 9 nitrogen and oxygen atoms in total. The number of hydrogen-bond donors (Lipinski definition) is 0. The molecule has 0 aromatic heterocycles. The fourth-order valence-electron chi connectivity index (χ4n) is 1.84. The number of methoxy groups -OCH3 is 1. The normalized spacial score (nSPS) is 11.5. The maximum absolute atomic E-state index is 11.2. The molecule has 0 radical (unpaired) electrons. The molecule has 2 aliphatic heterocycles. The molecule has 0 spiro atoms. The summed E-state index contributed by atoms with van der Waals surface area (Å²) >= 11 is 0. The summed E-state index contributed by atoms with van der Waals surface area (Å²) < 4.78 is 33.9. The highest BCUT2D eigenvalue weighted by Gasteiger charge is 2.14. The van der Waals surface area contributed by atoms with E-state index in [4.69, 9.17) is 8.92 Å². The molecule has 0 bridgehead atoms.